The Balaban J connectivity index is 1.59. The van der Waals surface area contributed by atoms with E-state index in [1.54, 1.807) is 36.0 Å². The number of aromatic nitrogens is 2. The van der Waals surface area contributed by atoms with Gasteiger partial charge >= 0.3 is 0 Å². The summed E-state index contributed by atoms with van der Waals surface area (Å²) in [6.07, 6.45) is 3.00. The number of carbonyl (C=O) groups is 1. The summed E-state index contributed by atoms with van der Waals surface area (Å²) in [5.41, 5.74) is 0.431. The van der Waals surface area contributed by atoms with Gasteiger partial charge in [-0.1, -0.05) is 0 Å². The minimum atomic E-state index is -2.65. The molecule has 134 valence electrons. The first kappa shape index (κ1) is 17.3. The second-order valence-electron chi connectivity index (χ2n) is 6.74. The summed E-state index contributed by atoms with van der Waals surface area (Å²) in [7, 11) is 3.31. The average molecular weight is 342 g/mol. The largest absolute Gasteiger partial charge is 0.383 e. The lowest BCUT2D eigenvalue weighted by Crippen LogP contribution is -2.49. The minimum Gasteiger partial charge on any atom is -0.383 e. The van der Waals surface area contributed by atoms with E-state index in [9.17, 15) is 13.6 Å². The molecule has 8 heteroatoms. The smallest absolute Gasteiger partial charge is 0.274 e. The maximum Gasteiger partial charge on any atom is 0.274 e. The van der Waals surface area contributed by atoms with Gasteiger partial charge in [0.2, 0.25) is 0 Å². The summed E-state index contributed by atoms with van der Waals surface area (Å²) < 4.78 is 34.3. The molecule has 0 aliphatic carbocycles. The summed E-state index contributed by atoms with van der Waals surface area (Å²) in [4.78, 5) is 16.1. The van der Waals surface area contributed by atoms with Gasteiger partial charge in [-0.3, -0.25) is 14.4 Å². The number of methoxy groups -OCH3 is 1. The van der Waals surface area contributed by atoms with E-state index in [2.05, 4.69) is 5.10 Å². The molecule has 6 nitrogen and oxygen atoms in total. The SMILES string of the molecule is COC[C@@H]1CC(F)(F)CN1C1CCN(C(=O)c2ccn(C)n2)CC1. The molecule has 0 saturated carbocycles. The molecule has 2 aliphatic heterocycles. The quantitative estimate of drug-likeness (QED) is 0.830. The molecule has 0 bridgehead atoms. The lowest BCUT2D eigenvalue weighted by molar-refractivity contribution is 0.00282. The van der Waals surface area contributed by atoms with Crippen molar-refractivity contribution in [3.63, 3.8) is 0 Å². The minimum absolute atomic E-state index is 0.0753. The highest BCUT2D eigenvalue weighted by molar-refractivity contribution is 5.92. The molecule has 2 aliphatic rings. The van der Waals surface area contributed by atoms with E-state index in [0.29, 0.717) is 38.2 Å². The Morgan fingerprint density at radius 1 is 1.42 bits per heavy atom. The predicted octanol–water partition coefficient (Wildman–Crippen LogP) is 1.38. The highest BCUT2D eigenvalue weighted by Gasteiger charge is 2.47. The summed E-state index contributed by atoms with van der Waals surface area (Å²) in [6.45, 7) is 1.26. The number of piperidine rings is 1. The molecular formula is C16H24F2N4O2. The van der Waals surface area contributed by atoms with Gasteiger partial charge in [0, 0.05) is 51.9 Å². The summed E-state index contributed by atoms with van der Waals surface area (Å²) in [5, 5.41) is 4.14. The monoisotopic (exact) mass is 342 g/mol. The Morgan fingerprint density at radius 3 is 2.71 bits per heavy atom. The van der Waals surface area contributed by atoms with E-state index < -0.39 is 5.92 Å². The van der Waals surface area contributed by atoms with Crippen molar-refractivity contribution in [2.24, 2.45) is 7.05 Å². The molecule has 0 unspecified atom stereocenters. The van der Waals surface area contributed by atoms with Gasteiger partial charge in [0.05, 0.1) is 13.2 Å². The van der Waals surface area contributed by atoms with Crippen molar-refractivity contribution < 1.29 is 18.3 Å². The van der Waals surface area contributed by atoms with Crippen LogP contribution < -0.4 is 0 Å². The molecule has 24 heavy (non-hydrogen) atoms. The standard InChI is InChI=1S/C16H24F2N4O2/c1-20-6-5-14(19-20)15(23)21-7-3-12(4-8-21)22-11-16(17,18)9-13(22)10-24-2/h5-6,12-13H,3-4,7-11H2,1-2H3/t13-/m0/s1. The van der Waals surface area contributed by atoms with Crippen LogP contribution in [-0.2, 0) is 11.8 Å². The van der Waals surface area contributed by atoms with Crippen LogP contribution in [0, 0.1) is 0 Å². The Bertz CT molecular complexity index is 584. The van der Waals surface area contributed by atoms with Crippen LogP contribution in [0.3, 0.4) is 0 Å². The molecular weight excluding hydrogens is 318 g/mol. The molecule has 1 aromatic rings. The zero-order valence-corrected chi connectivity index (χ0v) is 14.1. The Labute approximate surface area is 140 Å². The fourth-order valence-corrected chi connectivity index (χ4v) is 3.79. The van der Waals surface area contributed by atoms with Crippen molar-refractivity contribution in [2.75, 3.05) is 33.4 Å². The molecule has 1 amide bonds. The van der Waals surface area contributed by atoms with Gasteiger partial charge in [0.1, 0.15) is 5.69 Å². The zero-order valence-electron chi connectivity index (χ0n) is 14.1. The average Bonchev–Trinajstić information content (AvgIpc) is 3.10. The van der Waals surface area contributed by atoms with E-state index in [0.717, 1.165) is 0 Å². The van der Waals surface area contributed by atoms with Crippen LogP contribution in [-0.4, -0.2) is 76.8 Å². The molecule has 1 atom stereocenters. The molecule has 0 aromatic carbocycles. The van der Waals surface area contributed by atoms with E-state index >= 15 is 0 Å². The van der Waals surface area contributed by atoms with Crippen LogP contribution in [0.25, 0.3) is 0 Å². The third-order valence-electron chi connectivity index (χ3n) is 4.93. The highest BCUT2D eigenvalue weighted by Crippen LogP contribution is 2.35. The fraction of sp³-hybridized carbons (Fsp3) is 0.750. The summed E-state index contributed by atoms with van der Waals surface area (Å²) in [6, 6.07) is 1.53. The van der Waals surface area contributed by atoms with Crippen LogP contribution >= 0.6 is 0 Å². The molecule has 1 aromatic heterocycles. The van der Waals surface area contributed by atoms with Crippen molar-refractivity contribution in [3.05, 3.63) is 18.0 Å². The molecule has 2 fully saturated rings. The van der Waals surface area contributed by atoms with Crippen LogP contribution in [0.4, 0.5) is 8.78 Å². The molecule has 2 saturated heterocycles. The van der Waals surface area contributed by atoms with Crippen molar-refractivity contribution in [1.82, 2.24) is 19.6 Å². The number of ether oxygens (including phenoxy) is 1. The molecule has 0 N–H and O–H groups in total. The van der Waals surface area contributed by atoms with E-state index in [1.807, 2.05) is 4.90 Å². The van der Waals surface area contributed by atoms with Crippen LogP contribution in [0.15, 0.2) is 12.3 Å². The van der Waals surface area contributed by atoms with Gasteiger partial charge in [-0.2, -0.15) is 5.10 Å². The van der Waals surface area contributed by atoms with Gasteiger partial charge in [0.25, 0.3) is 11.8 Å². The number of carbonyl (C=O) groups excluding carboxylic acids is 1. The van der Waals surface area contributed by atoms with Crippen molar-refractivity contribution >= 4 is 5.91 Å². The van der Waals surface area contributed by atoms with E-state index in [1.165, 1.54) is 0 Å². The van der Waals surface area contributed by atoms with Gasteiger partial charge in [-0.15, -0.1) is 0 Å². The van der Waals surface area contributed by atoms with Gasteiger partial charge in [-0.05, 0) is 18.9 Å². The number of hydrogen-bond acceptors (Lipinski definition) is 4. The third kappa shape index (κ3) is 3.59. The third-order valence-corrected chi connectivity index (χ3v) is 4.93. The van der Waals surface area contributed by atoms with Crippen LogP contribution in [0.2, 0.25) is 0 Å². The first-order valence-corrected chi connectivity index (χ1v) is 8.31. The van der Waals surface area contributed by atoms with E-state index in [-0.39, 0.29) is 31.0 Å². The predicted molar refractivity (Wildman–Crippen MR) is 84.1 cm³/mol. The highest BCUT2D eigenvalue weighted by atomic mass is 19.3. The lowest BCUT2D eigenvalue weighted by Gasteiger charge is -2.38. The molecule has 0 radical (unpaired) electrons. The second-order valence-corrected chi connectivity index (χ2v) is 6.74. The fourth-order valence-electron chi connectivity index (χ4n) is 3.79. The maximum atomic E-state index is 13.8. The number of likely N-dealkylation sites (tertiary alicyclic amines) is 2. The molecule has 3 heterocycles. The number of nitrogens with zero attached hydrogens (tertiary/aromatic N) is 4. The van der Waals surface area contributed by atoms with Crippen LogP contribution in [0.5, 0.6) is 0 Å². The normalized spacial score (nSPS) is 25.3. The zero-order chi connectivity index (χ0) is 17.3. The Kier molecular flexibility index (Phi) is 4.87. The topological polar surface area (TPSA) is 50.6 Å². The second kappa shape index (κ2) is 6.76. The van der Waals surface area contributed by atoms with Gasteiger partial charge in [-0.25, -0.2) is 8.78 Å². The Morgan fingerprint density at radius 2 is 2.12 bits per heavy atom. The van der Waals surface area contributed by atoms with Crippen molar-refractivity contribution in [3.8, 4) is 0 Å². The summed E-state index contributed by atoms with van der Waals surface area (Å²) >= 11 is 0. The molecule has 0 spiro atoms. The first-order valence-electron chi connectivity index (χ1n) is 8.31. The number of rotatable bonds is 4. The van der Waals surface area contributed by atoms with Crippen molar-refractivity contribution in [2.45, 2.75) is 37.3 Å². The Hall–Kier alpha value is -1.54. The number of halogens is 2. The lowest BCUT2D eigenvalue weighted by atomic mass is 10.0. The van der Waals surface area contributed by atoms with E-state index in [4.69, 9.17) is 4.74 Å². The molecule has 3 rings (SSSR count). The number of aryl methyl sites for hydroxylation is 1. The first-order chi connectivity index (χ1) is 11.4. The van der Waals surface area contributed by atoms with Gasteiger partial charge in [0.15, 0.2) is 0 Å². The number of amides is 1. The number of alkyl halides is 2. The van der Waals surface area contributed by atoms with Gasteiger partial charge < -0.3 is 9.64 Å². The summed E-state index contributed by atoms with van der Waals surface area (Å²) in [5.74, 6) is -2.74. The van der Waals surface area contributed by atoms with Crippen LogP contribution in [0.1, 0.15) is 29.8 Å². The van der Waals surface area contributed by atoms with Crippen molar-refractivity contribution in [1.29, 1.82) is 0 Å². The maximum absolute atomic E-state index is 13.8. The number of hydrogen-bond donors (Lipinski definition) is 0.